The molecule has 0 aliphatic carbocycles. The number of benzene rings is 3. The number of ether oxygens (including phenoxy) is 1. The zero-order chi connectivity index (χ0) is 29.9. The number of aromatic nitrogens is 1. The molecule has 1 atom stereocenters. The number of thioether (sulfide) groups is 2. The van der Waals surface area contributed by atoms with E-state index in [0.717, 1.165) is 14.6 Å². The third-order valence-electron chi connectivity index (χ3n) is 5.93. The fourth-order valence-corrected chi connectivity index (χ4v) is 6.10. The Morgan fingerprint density at radius 3 is 2.40 bits per heavy atom. The molecule has 1 aromatic heterocycles. The number of carbonyl (C=O) groups is 4. The van der Waals surface area contributed by atoms with Crippen molar-refractivity contribution in [3.63, 3.8) is 0 Å². The number of nitrogens with zero attached hydrogens (tertiary/aromatic N) is 1. The minimum absolute atomic E-state index is 0.0587. The Bertz CT molecular complexity index is 1530. The SMILES string of the molecule is COc1ccc(C(=O)Nc2ccccc2C(=O)NC(CCSC)C(=O)NNC(=O)CSc2nc3ccccc3s2)cc1. The molecule has 0 bridgehead atoms. The van der Waals surface area contributed by atoms with Crippen molar-refractivity contribution < 1.29 is 23.9 Å². The molecule has 10 nitrogen and oxygen atoms in total. The molecule has 0 spiro atoms. The number of fused-ring (bicyclic) bond motifs is 1. The maximum absolute atomic E-state index is 13.3. The lowest BCUT2D eigenvalue weighted by atomic mass is 10.1. The van der Waals surface area contributed by atoms with Gasteiger partial charge in [0.15, 0.2) is 4.34 Å². The number of hydrogen-bond donors (Lipinski definition) is 4. The van der Waals surface area contributed by atoms with Crippen molar-refractivity contribution in [2.24, 2.45) is 0 Å². The van der Waals surface area contributed by atoms with Gasteiger partial charge in [-0.3, -0.25) is 30.0 Å². The van der Waals surface area contributed by atoms with Crippen LogP contribution in [0.3, 0.4) is 0 Å². The van der Waals surface area contributed by atoms with E-state index in [1.54, 1.807) is 48.5 Å². The summed E-state index contributed by atoms with van der Waals surface area (Å²) in [4.78, 5) is 55.9. The molecule has 4 N–H and O–H groups in total. The van der Waals surface area contributed by atoms with Crippen molar-refractivity contribution in [2.45, 2.75) is 16.8 Å². The average molecular weight is 624 g/mol. The van der Waals surface area contributed by atoms with Crippen LogP contribution in [0.2, 0.25) is 0 Å². The van der Waals surface area contributed by atoms with Crippen LogP contribution in [0.25, 0.3) is 10.2 Å². The molecule has 0 aliphatic rings. The Balaban J connectivity index is 1.34. The fraction of sp³-hybridized carbons (Fsp3) is 0.207. The molecule has 1 heterocycles. The number of hydrogen-bond acceptors (Lipinski definition) is 9. The molecule has 3 aromatic carbocycles. The lowest BCUT2D eigenvalue weighted by Crippen LogP contribution is -2.52. The summed E-state index contributed by atoms with van der Waals surface area (Å²) in [5, 5.41) is 5.49. The largest absolute Gasteiger partial charge is 0.497 e. The van der Waals surface area contributed by atoms with Gasteiger partial charge in [-0.05, 0) is 67.0 Å². The third kappa shape index (κ3) is 8.47. The number of amides is 4. The van der Waals surface area contributed by atoms with E-state index in [-0.39, 0.29) is 11.3 Å². The van der Waals surface area contributed by atoms with Gasteiger partial charge < -0.3 is 15.4 Å². The number of rotatable bonds is 12. The second-order valence-electron chi connectivity index (χ2n) is 8.81. The Hall–Kier alpha value is -4.07. The third-order valence-corrected chi connectivity index (χ3v) is 8.75. The molecule has 13 heteroatoms. The molecule has 0 saturated heterocycles. The summed E-state index contributed by atoms with van der Waals surface area (Å²) >= 11 is 4.28. The highest BCUT2D eigenvalue weighted by Crippen LogP contribution is 2.29. The van der Waals surface area contributed by atoms with E-state index < -0.39 is 29.7 Å². The predicted octanol–water partition coefficient (Wildman–Crippen LogP) is 4.35. The first-order chi connectivity index (χ1) is 20.4. The van der Waals surface area contributed by atoms with E-state index >= 15 is 0 Å². The van der Waals surface area contributed by atoms with Crippen molar-refractivity contribution in [3.05, 3.63) is 83.9 Å². The molecule has 4 aromatic rings. The minimum atomic E-state index is -0.924. The number of anilines is 1. The highest BCUT2D eigenvalue weighted by molar-refractivity contribution is 8.01. The van der Waals surface area contributed by atoms with Crippen LogP contribution >= 0.6 is 34.9 Å². The van der Waals surface area contributed by atoms with Crippen molar-refractivity contribution in [1.82, 2.24) is 21.2 Å². The monoisotopic (exact) mass is 623 g/mol. The van der Waals surface area contributed by atoms with Crippen LogP contribution < -0.4 is 26.2 Å². The smallest absolute Gasteiger partial charge is 0.260 e. The zero-order valence-corrected chi connectivity index (χ0v) is 25.3. The first-order valence-electron chi connectivity index (χ1n) is 12.8. The Kier molecular flexibility index (Phi) is 11.2. The second-order valence-corrected chi connectivity index (χ2v) is 12.0. The number of nitrogens with one attached hydrogen (secondary N) is 4. The number of thiazole rings is 1. The van der Waals surface area contributed by atoms with Gasteiger partial charge in [-0.15, -0.1) is 11.3 Å². The normalized spacial score (nSPS) is 11.4. The van der Waals surface area contributed by atoms with Gasteiger partial charge in [0.05, 0.1) is 34.3 Å². The van der Waals surface area contributed by atoms with Crippen LogP contribution in [-0.4, -0.2) is 59.5 Å². The lowest BCUT2D eigenvalue weighted by molar-refractivity contribution is -0.128. The van der Waals surface area contributed by atoms with E-state index in [1.165, 1.54) is 42.0 Å². The van der Waals surface area contributed by atoms with Gasteiger partial charge in [0, 0.05) is 5.56 Å². The lowest BCUT2D eigenvalue weighted by Gasteiger charge is -2.19. The molecule has 218 valence electrons. The van der Waals surface area contributed by atoms with Gasteiger partial charge in [-0.1, -0.05) is 36.0 Å². The van der Waals surface area contributed by atoms with E-state index in [4.69, 9.17) is 4.74 Å². The first-order valence-corrected chi connectivity index (χ1v) is 16.0. The summed E-state index contributed by atoms with van der Waals surface area (Å²) in [6.07, 6.45) is 2.22. The Morgan fingerprint density at radius 1 is 0.929 bits per heavy atom. The van der Waals surface area contributed by atoms with Crippen LogP contribution in [-0.2, 0) is 9.59 Å². The summed E-state index contributed by atoms with van der Waals surface area (Å²) in [5.41, 5.74) is 6.57. The molecular formula is C29H29N5O5S3. The molecule has 1 unspecified atom stereocenters. The maximum atomic E-state index is 13.3. The maximum Gasteiger partial charge on any atom is 0.260 e. The zero-order valence-electron chi connectivity index (χ0n) is 22.8. The fourth-order valence-electron chi connectivity index (χ4n) is 3.76. The predicted molar refractivity (Wildman–Crippen MR) is 168 cm³/mol. The average Bonchev–Trinajstić information content (AvgIpc) is 3.44. The summed E-state index contributed by atoms with van der Waals surface area (Å²) in [7, 11) is 1.54. The molecule has 4 amide bonds. The highest BCUT2D eigenvalue weighted by Gasteiger charge is 2.23. The molecule has 42 heavy (non-hydrogen) atoms. The summed E-state index contributed by atoms with van der Waals surface area (Å²) in [5.74, 6) is -0.645. The van der Waals surface area contributed by atoms with E-state index in [2.05, 4.69) is 26.5 Å². The summed E-state index contributed by atoms with van der Waals surface area (Å²) < 4.78 is 6.91. The van der Waals surface area contributed by atoms with Crippen LogP contribution in [0.15, 0.2) is 77.1 Å². The summed E-state index contributed by atoms with van der Waals surface area (Å²) in [6.45, 7) is 0. The van der Waals surface area contributed by atoms with Crippen molar-refractivity contribution in [3.8, 4) is 5.75 Å². The number of methoxy groups -OCH3 is 1. The van der Waals surface area contributed by atoms with E-state index in [0.29, 0.717) is 29.2 Å². The molecule has 0 aliphatic heterocycles. The number of hydrazine groups is 1. The van der Waals surface area contributed by atoms with Crippen LogP contribution in [0, 0.1) is 0 Å². The van der Waals surface area contributed by atoms with Gasteiger partial charge >= 0.3 is 0 Å². The Morgan fingerprint density at radius 2 is 1.67 bits per heavy atom. The second kappa shape index (κ2) is 15.2. The standard InChI is InChI=1S/C29H29N5O5S3/c1-39-19-13-11-18(12-14-19)26(36)30-21-8-4-3-7-20(21)27(37)31-23(15-16-40-2)28(38)34-33-25(35)17-41-29-32-22-9-5-6-10-24(22)42-29/h3-14,23H,15-17H2,1-2H3,(H,30,36)(H,31,37)(H,33,35)(H,34,38). The quantitative estimate of drug-likeness (QED) is 0.135. The van der Waals surface area contributed by atoms with E-state index in [9.17, 15) is 19.2 Å². The van der Waals surface area contributed by atoms with Crippen molar-refractivity contribution >= 4 is 74.4 Å². The minimum Gasteiger partial charge on any atom is -0.497 e. The van der Waals surface area contributed by atoms with Gasteiger partial charge in [0.2, 0.25) is 5.91 Å². The molecular weight excluding hydrogens is 595 g/mol. The number of carbonyl (C=O) groups excluding carboxylic acids is 4. The van der Waals surface area contributed by atoms with Crippen LogP contribution in [0.4, 0.5) is 5.69 Å². The highest BCUT2D eigenvalue weighted by atomic mass is 32.2. The van der Waals surface area contributed by atoms with E-state index in [1.807, 2.05) is 30.5 Å². The topological polar surface area (TPSA) is 139 Å². The molecule has 0 saturated carbocycles. The van der Waals surface area contributed by atoms with Gasteiger partial charge in [-0.25, -0.2) is 4.98 Å². The molecule has 4 rings (SSSR count). The number of para-hydroxylation sites is 2. The van der Waals surface area contributed by atoms with Gasteiger partial charge in [0.1, 0.15) is 11.8 Å². The Labute approximate surface area is 255 Å². The van der Waals surface area contributed by atoms with Crippen LogP contribution in [0.1, 0.15) is 27.1 Å². The molecule has 0 fully saturated rings. The van der Waals surface area contributed by atoms with Crippen LogP contribution in [0.5, 0.6) is 5.75 Å². The van der Waals surface area contributed by atoms with Crippen molar-refractivity contribution in [1.29, 1.82) is 0 Å². The molecule has 0 radical (unpaired) electrons. The van der Waals surface area contributed by atoms with Gasteiger partial charge in [0.25, 0.3) is 17.7 Å². The summed E-state index contributed by atoms with van der Waals surface area (Å²) in [6, 6.07) is 19.9. The van der Waals surface area contributed by atoms with Crippen molar-refractivity contribution in [2.75, 3.05) is 30.2 Å². The first kappa shape index (κ1) is 30.9. The van der Waals surface area contributed by atoms with Gasteiger partial charge in [-0.2, -0.15) is 11.8 Å².